The zero-order valence-electron chi connectivity index (χ0n) is 19.0. The highest BCUT2D eigenvalue weighted by Gasteiger charge is 2.34. The average molecular weight is 486 g/mol. The minimum atomic E-state index is -3.30. The zero-order chi connectivity index (χ0) is 24.5. The molecule has 1 aliphatic heterocycles. The van der Waals surface area contributed by atoms with Gasteiger partial charge in [0, 0.05) is 12.5 Å². The van der Waals surface area contributed by atoms with Gasteiger partial charge in [0.05, 0.1) is 13.0 Å². The van der Waals surface area contributed by atoms with Crippen LogP contribution in [0.5, 0.6) is 5.75 Å². The minimum absolute atomic E-state index is 0.148. The number of fused-ring (bicyclic) bond motifs is 1. The van der Waals surface area contributed by atoms with E-state index in [1.165, 1.54) is 12.1 Å². The Morgan fingerprint density at radius 3 is 2.50 bits per heavy atom. The molecule has 2 unspecified atom stereocenters. The molecule has 1 heterocycles. The lowest BCUT2D eigenvalue weighted by Crippen LogP contribution is -2.33. The standard InChI is InChI=1S/C26H28FNO5S/c1-17-7-8-20(23(14-26(29)30)19-9-11-22(27)12-10-19)13-21(17)16-28-15-18(2)33-24-5-3-4-6-25(24)34(28,31)32/h3-13,18,23,31-32H,14-16H2,1-2H3,(H,29,30). The van der Waals surface area contributed by atoms with Gasteiger partial charge in [-0.15, -0.1) is 10.8 Å². The molecule has 0 saturated carbocycles. The van der Waals surface area contributed by atoms with E-state index in [-0.39, 0.29) is 24.9 Å². The van der Waals surface area contributed by atoms with Crippen molar-refractivity contribution in [3.63, 3.8) is 0 Å². The third-order valence-corrected chi connectivity index (χ3v) is 7.99. The van der Waals surface area contributed by atoms with Crippen LogP contribution in [0.15, 0.2) is 71.6 Å². The molecule has 0 bridgehead atoms. The van der Waals surface area contributed by atoms with E-state index >= 15 is 0 Å². The fourth-order valence-electron chi connectivity index (χ4n) is 4.28. The molecule has 3 aromatic carbocycles. The highest BCUT2D eigenvalue weighted by Crippen LogP contribution is 2.57. The molecule has 0 fully saturated rings. The fraction of sp³-hybridized carbons (Fsp3) is 0.269. The predicted molar refractivity (Wildman–Crippen MR) is 130 cm³/mol. The van der Waals surface area contributed by atoms with Crippen LogP contribution in [-0.2, 0) is 11.3 Å². The molecular formula is C26H28FNO5S. The number of rotatable bonds is 6. The van der Waals surface area contributed by atoms with E-state index in [0.29, 0.717) is 22.8 Å². The Balaban J connectivity index is 1.70. The van der Waals surface area contributed by atoms with Gasteiger partial charge in [0.1, 0.15) is 22.6 Å². The van der Waals surface area contributed by atoms with E-state index in [9.17, 15) is 23.4 Å². The number of benzene rings is 3. The first-order valence-electron chi connectivity index (χ1n) is 11.0. The van der Waals surface area contributed by atoms with Crippen LogP contribution >= 0.6 is 10.8 Å². The van der Waals surface area contributed by atoms with E-state index in [1.54, 1.807) is 40.7 Å². The van der Waals surface area contributed by atoms with Crippen molar-refractivity contribution >= 4 is 16.7 Å². The van der Waals surface area contributed by atoms with Crippen LogP contribution in [0.25, 0.3) is 0 Å². The number of carbonyl (C=O) groups is 1. The van der Waals surface area contributed by atoms with Gasteiger partial charge in [0.15, 0.2) is 0 Å². The van der Waals surface area contributed by atoms with Gasteiger partial charge in [-0.3, -0.25) is 13.9 Å². The van der Waals surface area contributed by atoms with Crippen molar-refractivity contribution in [2.24, 2.45) is 0 Å². The number of para-hydroxylation sites is 1. The summed E-state index contributed by atoms with van der Waals surface area (Å²) in [4.78, 5) is 12.0. The zero-order valence-corrected chi connectivity index (χ0v) is 19.8. The van der Waals surface area contributed by atoms with E-state index in [4.69, 9.17) is 4.74 Å². The summed E-state index contributed by atoms with van der Waals surface area (Å²) >= 11 is 0. The second-order valence-electron chi connectivity index (χ2n) is 8.60. The molecule has 1 aliphatic rings. The normalized spacial score (nSPS) is 19.4. The highest BCUT2D eigenvalue weighted by atomic mass is 32.3. The number of aliphatic carboxylic acids is 1. The number of nitrogens with zero attached hydrogens (tertiary/aromatic N) is 1. The molecule has 4 rings (SSSR count). The van der Waals surface area contributed by atoms with Crippen molar-refractivity contribution in [1.82, 2.24) is 4.31 Å². The lowest BCUT2D eigenvalue weighted by Gasteiger charge is -2.42. The lowest BCUT2D eigenvalue weighted by molar-refractivity contribution is -0.137. The van der Waals surface area contributed by atoms with Crippen molar-refractivity contribution in [2.45, 2.75) is 43.7 Å². The molecule has 0 aliphatic carbocycles. The summed E-state index contributed by atoms with van der Waals surface area (Å²) < 4.78 is 43.4. The van der Waals surface area contributed by atoms with Gasteiger partial charge in [-0.1, -0.05) is 42.5 Å². The summed E-state index contributed by atoms with van der Waals surface area (Å²) in [5, 5.41) is 9.51. The Morgan fingerprint density at radius 2 is 1.79 bits per heavy atom. The molecule has 34 heavy (non-hydrogen) atoms. The first kappa shape index (κ1) is 24.2. The Bertz CT molecular complexity index is 1180. The number of carboxylic acid groups (broad SMARTS) is 1. The summed E-state index contributed by atoms with van der Waals surface area (Å²) in [7, 11) is -3.30. The van der Waals surface area contributed by atoms with Gasteiger partial charge in [0.25, 0.3) is 0 Å². The van der Waals surface area contributed by atoms with Crippen LogP contribution in [0.4, 0.5) is 4.39 Å². The van der Waals surface area contributed by atoms with Gasteiger partial charge >= 0.3 is 5.97 Å². The molecule has 180 valence electrons. The van der Waals surface area contributed by atoms with Crippen molar-refractivity contribution in [3.8, 4) is 5.75 Å². The van der Waals surface area contributed by atoms with E-state index in [2.05, 4.69) is 0 Å². The molecule has 6 nitrogen and oxygen atoms in total. The van der Waals surface area contributed by atoms with Crippen molar-refractivity contribution in [3.05, 3.63) is 94.8 Å². The van der Waals surface area contributed by atoms with Crippen LogP contribution in [0.3, 0.4) is 0 Å². The minimum Gasteiger partial charge on any atom is -0.487 e. The maximum Gasteiger partial charge on any atom is 0.304 e. The molecule has 0 aromatic heterocycles. The number of aryl methyl sites for hydroxylation is 1. The van der Waals surface area contributed by atoms with Gasteiger partial charge in [0.2, 0.25) is 0 Å². The van der Waals surface area contributed by atoms with Crippen molar-refractivity contribution in [2.75, 3.05) is 6.54 Å². The maximum atomic E-state index is 13.5. The fourth-order valence-corrected chi connectivity index (χ4v) is 5.94. The number of ether oxygens (including phenoxy) is 1. The molecule has 3 aromatic rings. The third kappa shape index (κ3) is 5.10. The largest absolute Gasteiger partial charge is 0.487 e. The SMILES string of the molecule is Cc1ccc(C(CC(=O)O)c2ccc(F)cc2)cc1CN1CC(C)Oc2ccccc2S1(O)O. The summed E-state index contributed by atoms with van der Waals surface area (Å²) in [5.41, 5.74) is 3.26. The molecular weight excluding hydrogens is 457 g/mol. The average Bonchev–Trinajstić information content (AvgIpc) is 2.88. The quantitative estimate of drug-likeness (QED) is 0.394. The Hall–Kier alpha value is -2.91. The molecule has 0 saturated heterocycles. The topological polar surface area (TPSA) is 90.2 Å². The summed E-state index contributed by atoms with van der Waals surface area (Å²) in [6.07, 6.45) is -0.414. The van der Waals surface area contributed by atoms with E-state index in [0.717, 1.165) is 16.7 Å². The lowest BCUT2D eigenvalue weighted by atomic mass is 9.87. The van der Waals surface area contributed by atoms with E-state index < -0.39 is 22.7 Å². The van der Waals surface area contributed by atoms with Crippen molar-refractivity contribution in [1.29, 1.82) is 0 Å². The maximum absolute atomic E-state index is 13.5. The van der Waals surface area contributed by atoms with E-state index in [1.807, 2.05) is 32.0 Å². The molecule has 0 radical (unpaired) electrons. The van der Waals surface area contributed by atoms with Crippen molar-refractivity contribution < 1.29 is 28.1 Å². The summed E-state index contributed by atoms with van der Waals surface area (Å²) in [6, 6.07) is 18.5. The Kier molecular flexibility index (Phi) is 6.95. The second kappa shape index (κ2) is 9.76. The smallest absolute Gasteiger partial charge is 0.304 e. The second-order valence-corrected chi connectivity index (χ2v) is 10.6. The summed E-state index contributed by atoms with van der Waals surface area (Å²) in [5.74, 6) is -1.35. The van der Waals surface area contributed by atoms with Crippen LogP contribution in [0.2, 0.25) is 0 Å². The number of hydrogen-bond acceptors (Lipinski definition) is 5. The summed E-state index contributed by atoms with van der Waals surface area (Å²) in [6.45, 7) is 4.36. The van der Waals surface area contributed by atoms with Gasteiger partial charge in [-0.05, 0) is 60.4 Å². The molecule has 2 atom stereocenters. The van der Waals surface area contributed by atoms with Crippen LogP contribution < -0.4 is 4.74 Å². The van der Waals surface area contributed by atoms with Gasteiger partial charge in [-0.2, -0.15) is 4.31 Å². The molecule has 0 spiro atoms. The van der Waals surface area contributed by atoms with Crippen LogP contribution in [-0.4, -0.2) is 37.1 Å². The van der Waals surface area contributed by atoms with Gasteiger partial charge in [-0.25, -0.2) is 4.39 Å². The first-order valence-corrected chi connectivity index (χ1v) is 12.5. The monoisotopic (exact) mass is 485 g/mol. The van der Waals surface area contributed by atoms with Gasteiger partial charge < -0.3 is 9.84 Å². The highest BCUT2D eigenvalue weighted by molar-refractivity contribution is 8.22. The number of hydrogen-bond donors (Lipinski definition) is 3. The predicted octanol–water partition coefficient (Wildman–Crippen LogP) is 6.05. The van der Waals surface area contributed by atoms with Crippen LogP contribution in [0, 0.1) is 12.7 Å². The number of halogens is 1. The third-order valence-electron chi connectivity index (χ3n) is 6.07. The Labute approximate surface area is 200 Å². The van der Waals surface area contributed by atoms with Crippen LogP contribution in [0.1, 0.15) is 41.5 Å². The Morgan fingerprint density at radius 1 is 1.12 bits per heavy atom. The first-order chi connectivity index (χ1) is 16.1. The number of carboxylic acids is 1. The molecule has 0 amide bonds. The molecule has 3 N–H and O–H groups in total. The molecule has 8 heteroatoms.